The quantitative estimate of drug-likeness (QED) is 0.175. The molecule has 0 aliphatic carbocycles. The summed E-state index contributed by atoms with van der Waals surface area (Å²) in [7, 11) is 0. The van der Waals surface area contributed by atoms with Crippen LogP contribution in [0.3, 0.4) is 0 Å². The molecule has 0 bridgehead atoms. The summed E-state index contributed by atoms with van der Waals surface area (Å²) in [5.74, 6) is -1.85. The molecule has 0 saturated heterocycles. The normalized spacial score (nSPS) is 12.6. The summed E-state index contributed by atoms with van der Waals surface area (Å²) in [5.41, 5.74) is 0.552. The summed E-state index contributed by atoms with van der Waals surface area (Å²) < 4.78 is 63.0. The molecule has 2 aromatic carbocycles. The van der Waals surface area contributed by atoms with Crippen molar-refractivity contribution in [3.05, 3.63) is 104 Å². The van der Waals surface area contributed by atoms with Gasteiger partial charge in [0, 0.05) is 26.8 Å². The minimum absolute atomic E-state index is 0. The molecule has 0 amide bonds. The van der Waals surface area contributed by atoms with Crippen molar-refractivity contribution >= 4 is 17.7 Å². The molecule has 2 aromatic heterocycles. The second-order valence-corrected chi connectivity index (χ2v) is 6.74. The standard InChI is InChI=1S/C15H10F3N3.C8H3F2N4.Pt/c16-15(17,18)12-6-8-14(9-7-12)21-11-20(10-19-21)13-4-2-1-3-5-13;9-6-2-1-5(7(10)14-6)8-12-3-11-4-13-8;/h1-8,10-11H;2-4H;/q-2;-1;. The van der Waals surface area contributed by atoms with E-state index in [1.165, 1.54) is 23.7 Å². The predicted molar refractivity (Wildman–Crippen MR) is 116 cm³/mol. The molecule has 0 spiro atoms. The van der Waals surface area contributed by atoms with Crippen molar-refractivity contribution in [2.75, 3.05) is 9.91 Å². The third-order valence-corrected chi connectivity index (χ3v) is 4.42. The smallest absolute Gasteiger partial charge is 0.370 e. The molecule has 0 unspecified atom stereocenters. The molecular weight excluding hydrogens is 664 g/mol. The van der Waals surface area contributed by atoms with Crippen LogP contribution in [0.1, 0.15) is 5.56 Å². The summed E-state index contributed by atoms with van der Waals surface area (Å²) >= 11 is 0. The van der Waals surface area contributed by atoms with Gasteiger partial charge in [-0.2, -0.15) is 36.5 Å². The fraction of sp³-hybridized carbons (Fsp3) is 0.0435. The number of anilines is 2. The maximum atomic E-state index is 13.1. The van der Waals surface area contributed by atoms with E-state index in [2.05, 4.69) is 37.2 Å². The van der Waals surface area contributed by atoms with Crippen LogP contribution in [-0.2, 0) is 27.2 Å². The van der Waals surface area contributed by atoms with Crippen LogP contribution < -0.4 is 9.91 Å². The van der Waals surface area contributed by atoms with Gasteiger partial charge in [0.1, 0.15) is 24.6 Å². The number of benzene rings is 2. The van der Waals surface area contributed by atoms with E-state index >= 15 is 0 Å². The van der Waals surface area contributed by atoms with Crippen LogP contribution in [0, 0.1) is 30.7 Å². The van der Waals surface area contributed by atoms with E-state index in [0.717, 1.165) is 23.9 Å². The molecule has 36 heavy (non-hydrogen) atoms. The van der Waals surface area contributed by atoms with Gasteiger partial charge >= 0.3 is 6.18 Å². The molecule has 13 heteroatoms. The number of hydrazone groups is 1. The zero-order chi connectivity index (χ0) is 24.8. The van der Waals surface area contributed by atoms with Gasteiger partial charge in [-0.25, -0.2) is 13.8 Å². The number of alkyl halides is 3. The van der Waals surface area contributed by atoms with E-state index in [1.54, 1.807) is 17.9 Å². The molecule has 188 valence electrons. The van der Waals surface area contributed by atoms with Gasteiger partial charge in [-0.05, 0) is 12.1 Å². The van der Waals surface area contributed by atoms with Crippen molar-refractivity contribution in [2.24, 2.45) is 5.10 Å². The summed E-state index contributed by atoms with van der Waals surface area (Å²) in [6.07, 6.45) is -0.359. The number of pyridine rings is 1. The molecule has 0 fully saturated rings. The van der Waals surface area contributed by atoms with E-state index < -0.39 is 23.6 Å². The molecule has 3 heterocycles. The minimum Gasteiger partial charge on any atom is -0.463 e. The Hall–Kier alpha value is -3.79. The number of halogens is 5. The number of aromatic nitrogens is 4. The molecule has 7 nitrogen and oxygen atoms in total. The average molecular weight is 677 g/mol. The minimum atomic E-state index is -4.36. The van der Waals surface area contributed by atoms with E-state index in [1.807, 2.05) is 30.3 Å². The first kappa shape index (κ1) is 26.8. The van der Waals surface area contributed by atoms with Crippen LogP contribution >= 0.6 is 0 Å². The third kappa shape index (κ3) is 6.66. The van der Waals surface area contributed by atoms with Crippen LogP contribution in [0.5, 0.6) is 0 Å². The number of rotatable bonds is 3. The topological polar surface area (TPSA) is 70.4 Å². The van der Waals surface area contributed by atoms with Gasteiger partial charge in [-0.3, -0.25) is 15.0 Å². The van der Waals surface area contributed by atoms with Crippen LogP contribution in [0.15, 0.2) is 72.4 Å². The molecule has 4 aromatic rings. The van der Waals surface area contributed by atoms with Gasteiger partial charge in [-0.1, -0.05) is 41.1 Å². The molecule has 0 atom stereocenters. The van der Waals surface area contributed by atoms with Crippen molar-refractivity contribution in [3.63, 3.8) is 0 Å². The van der Waals surface area contributed by atoms with Gasteiger partial charge < -0.3 is 9.91 Å². The number of para-hydroxylation sites is 1. The van der Waals surface area contributed by atoms with Crippen molar-refractivity contribution in [3.8, 4) is 11.4 Å². The fourth-order valence-corrected chi connectivity index (χ4v) is 2.78. The third-order valence-electron chi connectivity index (χ3n) is 4.42. The molecule has 0 radical (unpaired) electrons. The second kappa shape index (κ2) is 11.8. The Labute approximate surface area is 216 Å². The first-order chi connectivity index (χ1) is 16.8. The van der Waals surface area contributed by atoms with E-state index in [9.17, 15) is 22.0 Å². The zero-order valence-corrected chi connectivity index (χ0v) is 20.1. The van der Waals surface area contributed by atoms with Crippen molar-refractivity contribution < 1.29 is 43.0 Å². The molecule has 0 saturated carbocycles. The fourth-order valence-electron chi connectivity index (χ4n) is 2.78. The van der Waals surface area contributed by atoms with Crippen LogP contribution in [0.4, 0.5) is 33.3 Å². The summed E-state index contributed by atoms with van der Waals surface area (Å²) in [6, 6.07) is 18.6. The van der Waals surface area contributed by atoms with E-state index in [-0.39, 0.29) is 32.5 Å². The maximum absolute atomic E-state index is 13.1. The second-order valence-electron chi connectivity index (χ2n) is 6.74. The molecule has 5 rings (SSSR count). The van der Waals surface area contributed by atoms with Gasteiger partial charge in [0.25, 0.3) is 0 Å². The van der Waals surface area contributed by atoms with E-state index in [0.29, 0.717) is 5.69 Å². The summed E-state index contributed by atoms with van der Waals surface area (Å²) in [5, 5.41) is 5.59. The maximum Gasteiger partial charge on any atom is 0.370 e. The first-order valence-corrected chi connectivity index (χ1v) is 9.78. The van der Waals surface area contributed by atoms with Gasteiger partial charge in [0.2, 0.25) is 0 Å². The molecule has 1 aliphatic heterocycles. The summed E-state index contributed by atoms with van der Waals surface area (Å²) in [6.45, 7) is 1.68. The Kier molecular flexibility index (Phi) is 8.76. The number of hydrogen-bond acceptors (Lipinski definition) is 7. The Bertz CT molecular complexity index is 1290. The first-order valence-electron chi connectivity index (χ1n) is 9.78. The number of nitrogens with zero attached hydrogens (tertiary/aromatic N) is 7. The monoisotopic (exact) mass is 677 g/mol. The van der Waals surface area contributed by atoms with Crippen LogP contribution in [0.25, 0.3) is 11.4 Å². The SMILES string of the molecule is FC(F)(F)c1c[c-]c(N2[CH-]N(c3ccccc3)C=N2)cc1.Fc1c[c-]c(-c2ncncn2)c(F)n1.[Pt]. The Balaban J connectivity index is 0.000000210. The van der Waals surface area contributed by atoms with E-state index in [4.69, 9.17) is 0 Å². The zero-order valence-electron chi connectivity index (χ0n) is 17.8. The largest absolute Gasteiger partial charge is 0.463 e. The molecule has 0 N–H and O–H groups in total. The Morgan fingerprint density at radius 2 is 1.61 bits per heavy atom. The Morgan fingerprint density at radius 1 is 0.889 bits per heavy atom. The van der Waals surface area contributed by atoms with Gasteiger partial charge in [0.05, 0.1) is 12.2 Å². The molecule has 1 aliphatic rings. The molecular formula is C23H13F5N7Pt-3. The van der Waals surface area contributed by atoms with Crippen molar-refractivity contribution in [2.45, 2.75) is 6.18 Å². The average Bonchev–Trinajstić information content (AvgIpc) is 3.36. The van der Waals surface area contributed by atoms with Crippen LogP contribution in [0.2, 0.25) is 0 Å². The van der Waals surface area contributed by atoms with Crippen molar-refractivity contribution in [1.82, 2.24) is 19.9 Å². The Morgan fingerprint density at radius 3 is 2.22 bits per heavy atom. The number of hydrogen-bond donors (Lipinski definition) is 0. The van der Waals surface area contributed by atoms with Crippen molar-refractivity contribution in [1.29, 1.82) is 0 Å². The van der Waals surface area contributed by atoms with Gasteiger partial charge in [0.15, 0.2) is 0 Å². The predicted octanol–water partition coefficient (Wildman–Crippen LogP) is 4.90. The summed E-state index contributed by atoms with van der Waals surface area (Å²) in [4.78, 5) is 15.7. The van der Waals surface area contributed by atoms with Gasteiger partial charge in [-0.15, -0.1) is 18.8 Å². The van der Waals surface area contributed by atoms with Crippen LogP contribution in [-0.4, -0.2) is 26.3 Å².